The maximum absolute atomic E-state index is 13.3. The molecule has 0 radical (unpaired) electrons. The van der Waals surface area contributed by atoms with E-state index in [9.17, 15) is 23.1 Å². The number of sulfone groups is 1. The summed E-state index contributed by atoms with van der Waals surface area (Å²) in [4.78, 5) is 34.8. The van der Waals surface area contributed by atoms with Gasteiger partial charge in [-0.2, -0.15) is 0 Å². The molecule has 0 spiro atoms. The Bertz CT molecular complexity index is 1220. The Hall–Kier alpha value is -3.18. The first-order valence-corrected chi connectivity index (χ1v) is 12.9. The fourth-order valence-corrected chi connectivity index (χ4v) is 5.28. The molecule has 1 aromatic carbocycles. The molecule has 1 atom stereocenters. The number of aliphatic hydroxyl groups is 1. The number of anilines is 2. The number of aliphatic hydroxyl groups excluding tert-OH is 1. The molecule has 10 nitrogen and oxygen atoms in total. The predicted molar refractivity (Wildman–Crippen MR) is 126 cm³/mol. The normalized spacial score (nSPS) is 18.9. The molecular formula is C23H28N4O6S. The number of cyclic esters (lactones) is 1. The summed E-state index contributed by atoms with van der Waals surface area (Å²) in [7, 11) is -3.78. The van der Waals surface area contributed by atoms with E-state index in [2.05, 4.69) is 16.0 Å². The van der Waals surface area contributed by atoms with Crippen molar-refractivity contribution >= 4 is 33.3 Å². The van der Waals surface area contributed by atoms with E-state index in [0.29, 0.717) is 26.2 Å². The Labute approximate surface area is 198 Å². The largest absolute Gasteiger partial charge is 0.447 e. The number of amides is 2. The molecule has 11 heteroatoms. The van der Waals surface area contributed by atoms with Gasteiger partial charge < -0.3 is 19.6 Å². The summed E-state index contributed by atoms with van der Waals surface area (Å²) in [6.07, 6.45) is 2.17. The number of rotatable bonds is 5. The summed E-state index contributed by atoms with van der Waals surface area (Å²) >= 11 is 0. The molecule has 182 valence electrons. The van der Waals surface area contributed by atoms with Crippen molar-refractivity contribution < 1.29 is 27.9 Å². The van der Waals surface area contributed by atoms with Crippen molar-refractivity contribution in [2.24, 2.45) is 0 Å². The lowest BCUT2D eigenvalue weighted by atomic mass is 10.1. The molecular weight excluding hydrogens is 460 g/mol. The zero-order chi connectivity index (χ0) is 24.6. The molecule has 3 heterocycles. The minimum atomic E-state index is -3.78. The molecule has 4 rings (SSSR count). The number of aromatic nitrogens is 1. The fourth-order valence-electron chi connectivity index (χ4n) is 4.39. The summed E-state index contributed by atoms with van der Waals surface area (Å²) in [6.45, 7) is 5.66. The van der Waals surface area contributed by atoms with Gasteiger partial charge in [0.15, 0.2) is 9.84 Å². The van der Waals surface area contributed by atoms with Crippen molar-refractivity contribution in [2.75, 3.05) is 55.4 Å². The summed E-state index contributed by atoms with van der Waals surface area (Å²) in [5.74, 6) is 0.498. The summed E-state index contributed by atoms with van der Waals surface area (Å²) < 4.78 is 30.1. The third-order valence-corrected chi connectivity index (χ3v) is 7.24. The molecule has 2 amide bonds. The number of carbonyl (C=O) groups is 2. The number of nitrogens with zero attached hydrogens (tertiary/aromatic N) is 4. The van der Waals surface area contributed by atoms with Gasteiger partial charge >= 0.3 is 6.09 Å². The van der Waals surface area contributed by atoms with Crippen molar-refractivity contribution in [2.45, 2.75) is 24.8 Å². The lowest BCUT2D eigenvalue weighted by Crippen LogP contribution is -2.49. The van der Waals surface area contributed by atoms with Crippen LogP contribution in [0.2, 0.25) is 0 Å². The summed E-state index contributed by atoms with van der Waals surface area (Å²) in [6, 6.07) is 5.68. The summed E-state index contributed by atoms with van der Waals surface area (Å²) in [5, 5.41) is 9.53. The third-order valence-electron chi connectivity index (χ3n) is 6.10. The maximum Gasteiger partial charge on any atom is 0.414 e. The van der Waals surface area contributed by atoms with E-state index < -0.39 is 22.0 Å². The number of piperazine rings is 1. The van der Waals surface area contributed by atoms with E-state index in [1.165, 1.54) is 23.1 Å². The molecule has 1 N–H and O–H groups in total. The van der Waals surface area contributed by atoms with Crippen molar-refractivity contribution in [3.8, 4) is 0 Å². The second-order valence-electron chi connectivity index (χ2n) is 8.67. The summed E-state index contributed by atoms with van der Waals surface area (Å²) in [5.41, 5.74) is 2.46. The van der Waals surface area contributed by atoms with Crippen LogP contribution in [0.25, 0.3) is 0 Å². The van der Waals surface area contributed by atoms with Crippen LogP contribution in [-0.4, -0.2) is 87.1 Å². The average Bonchev–Trinajstić information content (AvgIpc) is 3.18. The van der Waals surface area contributed by atoms with Crippen LogP contribution in [0.4, 0.5) is 16.3 Å². The lowest BCUT2D eigenvalue weighted by Gasteiger charge is -2.36. The Kier molecular flexibility index (Phi) is 6.50. The van der Waals surface area contributed by atoms with E-state index in [1.807, 2.05) is 20.0 Å². The van der Waals surface area contributed by atoms with Gasteiger partial charge in [0.25, 0.3) is 5.91 Å². The molecule has 2 aromatic rings. The van der Waals surface area contributed by atoms with Crippen LogP contribution in [-0.2, 0) is 14.6 Å². The lowest BCUT2D eigenvalue weighted by molar-refractivity contribution is 0.0742. The number of benzene rings is 1. The van der Waals surface area contributed by atoms with Crippen molar-refractivity contribution in [3.63, 3.8) is 0 Å². The topological polar surface area (TPSA) is 120 Å². The highest BCUT2D eigenvalue weighted by atomic mass is 32.2. The first-order chi connectivity index (χ1) is 16.1. The Balaban J connectivity index is 1.57. The molecule has 34 heavy (non-hydrogen) atoms. The average molecular weight is 489 g/mol. The van der Waals surface area contributed by atoms with Gasteiger partial charge in [-0.3, -0.25) is 9.69 Å². The number of hydrogen-bond acceptors (Lipinski definition) is 8. The highest BCUT2D eigenvalue weighted by Crippen LogP contribution is 2.29. The van der Waals surface area contributed by atoms with Crippen molar-refractivity contribution in [3.05, 3.63) is 47.2 Å². The Morgan fingerprint density at radius 1 is 1.18 bits per heavy atom. The van der Waals surface area contributed by atoms with Gasteiger partial charge in [-0.15, -0.1) is 0 Å². The zero-order valence-electron chi connectivity index (χ0n) is 19.4. The van der Waals surface area contributed by atoms with Gasteiger partial charge in [0.1, 0.15) is 12.4 Å². The van der Waals surface area contributed by atoms with Crippen LogP contribution in [0.15, 0.2) is 35.4 Å². The number of carbonyl (C=O) groups excluding carboxylic acids is 2. The van der Waals surface area contributed by atoms with Gasteiger partial charge in [0, 0.05) is 44.3 Å². The van der Waals surface area contributed by atoms with E-state index in [-0.39, 0.29) is 35.3 Å². The SMILES string of the molecule is Cc1cnc(N2CCN(C(=O)c3ccc(N4C(=O)OCC4CO)cc3S(C)(=O)=O)CC2)c(C)c1. The molecule has 2 aliphatic heterocycles. The first-order valence-electron chi connectivity index (χ1n) is 11.0. The number of aryl methyl sites for hydroxylation is 2. The second-order valence-corrected chi connectivity index (χ2v) is 10.7. The quantitative estimate of drug-likeness (QED) is 0.670. The second kappa shape index (κ2) is 9.22. The maximum atomic E-state index is 13.3. The van der Waals surface area contributed by atoms with Crippen LogP contribution in [0.3, 0.4) is 0 Å². The van der Waals surface area contributed by atoms with E-state index in [4.69, 9.17) is 4.74 Å². The van der Waals surface area contributed by atoms with Crippen LogP contribution >= 0.6 is 0 Å². The number of pyridine rings is 1. The van der Waals surface area contributed by atoms with Crippen LogP contribution in [0.5, 0.6) is 0 Å². The Morgan fingerprint density at radius 3 is 2.50 bits per heavy atom. The third kappa shape index (κ3) is 4.58. The number of ether oxygens (including phenoxy) is 1. The van der Waals surface area contributed by atoms with Crippen molar-refractivity contribution in [1.82, 2.24) is 9.88 Å². The first kappa shape index (κ1) is 24.0. The minimum absolute atomic E-state index is 0.00379. The predicted octanol–water partition coefficient (Wildman–Crippen LogP) is 1.38. The Morgan fingerprint density at radius 2 is 1.88 bits per heavy atom. The van der Waals surface area contributed by atoms with E-state index >= 15 is 0 Å². The highest BCUT2D eigenvalue weighted by molar-refractivity contribution is 7.90. The number of hydrogen-bond donors (Lipinski definition) is 1. The minimum Gasteiger partial charge on any atom is -0.447 e. The smallest absolute Gasteiger partial charge is 0.414 e. The van der Waals surface area contributed by atoms with Crippen LogP contribution < -0.4 is 9.80 Å². The highest BCUT2D eigenvalue weighted by Gasteiger charge is 2.35. The van der Waals surface area contributed by atoms with Crippen LogP contribution in [0.1, 0.15) is 21.5 Å². The molecule has 2 aliphatic rings. The standard InChI is InChI=1S/C23H28N4O6S/c1-15-10-16(2)21(24-12-15)25-6-8-26(9-7-25)22(29)19-5-4-17(11-20(19)34(3,31)32)27-18(13-28)14-33-23(27)30/h4-5,10-12,18,28H,6-9,13-14H2,1-3H3. The van der Waals surface area contributed by atoms with Gasteiger partial charge in [-0.05, 0) is 43.2 Å². The van der Waals surface area contributed by atoms with Gasteiger partial charge in [0.05, 0.1) is 23.1 Å². The molecule has 1 aromatic heterocycles. The van der Waals surface area contributed by atoms with Crippen molar-refractivity contribution in [1.29, 1.82) is 0 Å². The van der Waals surface area contributed by atoms with Gasteiger partial charge in [0.2, 0.25) is 0 Å². The zero-order valence-corrected chi connectivity index (χ0v) is 20.2. The van der Waals surface area contributed by atoms with Gasteiger partial charge in [-0.25, -0.2) is 18.2 Å². The van der Waals surface area contributed by atoms with E-state index in [0.717, 1.165) is 23.2 Å². The van der Waals surface area contributed by atoms with E-state index in [1.54, 1.807) is 4.90 Å². The molecule has 2 fully saturated rings. The molecule has 0 bridgehead atoms. The monoisotopic (exact) mass is 488 g/mol. The van der Waals surface area contributed by atoms with Gasteiger partial charge in [-0.1, -0.05) is 6.07 Å². The molecule has 1 unspecified atom stereocenters. The van der Waals surface area contributed by atoms with Crippen LogP contribution in [0, 0.1) is 13.8 Å². The molecule has 0 saturated carbocycles. The molecule has 2 saturated heterocycles. The fraction of sp³-hybridized carbons (Fsp3) is 0.435. The molecule has 0 aliphatic carbocycles.